The van der Waals surface area contributed by atoms with E-state index in [2.05, 4.69) is 142 Å². The largest absolute Gasteiger partial charge is 1.00 e. The Kier molecular flexibility index (Phi) is 10.9. The molecule has 0 saturated carbocycles. The predicted molar refractivity (Wildman–Crippen MR) is 203 cm³/mol. The van der Waals surface area contributed by atoms with E-state index in [0.29, 0.717) is 29.2 Å². The first-order chi connectivity index (χ1) is 23.1. The first kappa shape index (κ1) is 35.8. The van der Waals surface area contributed by atoms with E-state index in [4.69, 9.17) is 5.26 Å². The molecule has 2 heterocycles. The van der Waals surface area contributed by atoms with Gasteiger partial charge in [0.25, 0.3) is 11.4 Å². The van der Waals surface area contributed by atoms with Crippen LogP contribution in [-0.2, 0) is 22.4 Å². The molecule has 5 aromatic carbocycles. The molecule has 1 aliphatic heterocycles. The van der Waals surface area contributed by atoms with Gasteiger partial charge in [0.15, 0.2) is 0 Å². The average Bonchev–Trinajstić information content (AvgIpc) is 3.66. The van der Waals surface area contributed by atoms with Gasteiger partial charge in [0.05, 0.1) is 11.6 Å². The van der Waals surface area contributed by atoms with Gasteiger partial charge < -0.3 is 4.98 Å². The maximum absolute atomic E-state index is 9.04. The van der Waals surface area contributed by atoms with Crippen LogP contribution >= 0.6 is 0 Å². The zero-order valence-electron chi connectivity index (χ0n) is 29.7. The second-order valence-corrected chi connectivity index (χ2v) is 13.9. The van der Waals surface area contributed by atoms with Crippen LogP contribution in [0.5, 0.6) is 0 Å². The number of para-hydroxylation sites is 5. The van der Waals surface area contributed by atoms with E-state index in [0.717, 1.165) is 21.8 Å². The Bertz CT molecular complexity index is 2110. The molecule has 0 N–H and O–H groups in total. The molecule has 0 fully saturated rings. The summed E-state index contributed by atoms with van der Waals surface area (Å²) in [5, 5.41) is 11.1. The smallest absolute Gasteiger partial charge is 0.657 e. The summed E-state index contributed by atoms with van der Waals surface area (Å²) in [6.45, 7) is 18.3. The average molecular weight is 827 g/mol. The molecule has 49 heavy (non-hydrogen) atoms. The van der Waals surface area contributed by atoms with Crippen LogP contribution in [0.25, 0.3) is 21.8 Å². The normalized spacial score (nSPS) is 12.1. The van der Waals surface area contributed by atoms with Crippen LogP contribution in [0.3, 0.4) is 0 Å². The van der Waals surface area contributed by atoms with E-state index < -0.39 is 0 Å². The van der Waals surface area contributed by atoms with Crippen LogP contribution in [-0.4, -0.2) is 6.01 Å². The van der Waals surface area contributed by atoms with Crippen LogP contribution in [0.15, 0.2) is 103 Å². The molecule has 250 valence electrons. The molecule has 5 heteroatoms. The molecule has 6 aromatic rings. The second-order valence-electron chi connectivity index (χ2n) is 13.9. The number of hydrogen-bond acceptors (Lipinski definition) is 1. The minimum Gasteiger partial charge on any atom is -0.657 e. The van der Waals surface area contributed by atoms with Gasteiger partial charge in [-0.2, -0.15) is 5.26 Å². The minimum absolute atomic E-state index is 0. The fraction of sp³-hybridized carbons (Fsp3) is 0.273. The number of nitrogens with zero attached hydrogens (tertiary/aromatic N) is 4. The molecule has 0 saturated heterocycles. The molecule has 0 radical (unpaired) electrons. The van der Waals surface area contributed by atoms with Crippen LogP contribution in [0.2, 0.25) is 0 Å². The number of fused-ring (bicyclic) bond motifs is 4. The first-order valence-electron chi connectivity index (χ1n) is 17.2. The van der Waals surface area contributed by atoms with Crippen LogP contribution in [0, 0.1) is 11.3 Å². The zero-order chi connectivity index (χ0) is 34.1. The summed E-state index contributed by atoms with van der Waals surface area (Å²) in [6.07, 6.45) is 0. The third kappa shape index (κ3) is 6.73. The SMILES string of the molecule is CC(C)c1cccc(C(C)C)c1[N+]1=C=[N+](c2c(C(C)C)cccc2C(C)C)c2ccccc21.N#Cc1cccc2[n-]c3ccccc3c12.[Au+]. The summed E-state index contributed by atoms with van der Waals surface area (Å²) in [6, 6.07) is 41.9. The number of aromatic nitrogens is 1. The van der Waals surface area contributed by atoms with E-state index in [9.17, 15) is 0 Å². The molecule has 1 aliphatic rings. The van der Waals surface area contributed by atoms with Crippen molar-refractivity contribution in [3.8, 4) is 6.07 Å². The summed E-state index contributed by atoms with van der Waals surface area (Å²) in [7, 11) is 0. The number of nitriles is 1. The number of rotatable bonds is 6. The van der Waals surface area contributed by atoms with Gasteiger partial charge in [-0.25, -0.2) is 0 Å². The summed E-state index contributed by atoms with van der Waals surface area (Å²) in [5.41, 5.74) is 13.0. The van der Waals surface area contributed by atoms with E-state index in [1.54, 1.807) is 0 Å². The van der Waals surface area contributed by atoms with Crippen molar-refractivity contribution in [2.75, 3.05) is 0 Å². The molecule has 0 aliphatic carbocycles. The van der Waals surface area contributed by atoms with Crippen molar-refractivity contribution in [2.45, 2.75) is 79.1 Å². The van der Waals surface area contributed by atoms with Crippen molar-refractivity contribution in [3.63, 3.8) is 0 Å². The van der Waals surface area contributed by atoms with Gasteiger partial charge in [0.2, 0.25) is 11.4 Å². The molecular formula is C44H45AuN4+2. The van der Waals surface area contributed by atoms with Crippen molar-refractivity contribution in [2.24, 2.45) is 0 Å². The number of hydrogen-bond donors (Lipinski definition) is 0. The van der Waals surface area contributed by atoms with Crippen LogP contribution in [0.1, 0.15) is 107 Å². The fourth-order valence-electron chi connectivity index (χ4n) is 6.85. The topological polar surface area (TPSA) is 43.9 Å². The summed E-state index contributed by atoms with van der Waals surface area (Å²) < 4.78 is 4.64. The standard InChI is InChI=1S/C31H38N2.C13H7N2.Au/c1-20(2)24-13-11-14-25(21(3)4)30(24)32-19-33(29-18-10-9-17-28(29)32)31-26(22(5)6)15-12-16-27(31)23(7)8;14-8-9-4-3-7-12-13(9)10-5-1-2-6-11(10)15-12;/h9-18,20-23H,1-8H3;1-7H;/q+2;-1;+1. The maximum atomic E-state index is 9.04. The molecule has 0 unspecified atom stereocenters. The van der Waals surface area contributed by atoms with E-state index in [1.165, 1.54) is 45.0 Å². The molecule has 0 spiro atoms. The van der Waals surface area contributed by atoms with Crippen LogP contribution in [0.4, 0.5) is 22.7 Å². The van der Waals surface area contributed by atoms with Crippen molar-refractivity contribution < 1.29 is 22.4 Å². The van der Waals surface area contributed by atoms with Crippen molar-refractivity contribution >= 4 is 50.6 Å². The Morgan fingerprint density at radius 2 is 0.939 bits per heavy atom. The van der Waals surface area contributed by atoms with Gasteiger partial charge in [-0.15, -0.1) is 11.0 Å². The monoisotopic (exact) mass is 826 g/mol. The quantitative estimate of drug-likeness (QED) is 0.124. The first-order valence-corrected chi connectivity index (χ1v) is 17.2. The predicted octanol–water partition coefficient (Wildman–Crippen LogP) is 11.9. The molecule has 0 amide bonds. The Morgan fingerprint density at radius 3 is 1.39 bits per heavy atom. The summed E-state index contributed by atoms with van der Waals surface area (Å²) in [5.74, 6) is 1.71. The van der Waals surface area contributed by atoms with Crippen molar-refractivity contribution in [3.05, 3.63) is 131 Å². The van der Waals surface area contributed by atoms with Crippen LogP contribution < -0.4 is 14.1 Å². The van der Waals surface area contributed by atoms with E-state index >= 15 is 0 Å². The minimum atomic E-state index is 0. The summed E-state index contributed by atoms with van der Waals surface area (Å²) >= 11 is 0. The zero-order valence-corrected chi connectivity index (χ0v) is 31.9. The van der Waals surface area contributed by atoms with Crippen molar-refractivity contribution in [1.29, 1.82) is 5.26 Å². The fourth-order valence-corrected chi connectivity index (χ4v) is 6.85. The van der Waals surface area contributed by atoms with Gasteiger partial charge in [0, 0.05) is 34.4 Å². The molecule has 1 aromatic heterocycles. The third-order valence-corrected chi connectivity index (χ3v) is 9.27. The molecule has 4 nitrogen and oxygen atoms in total. The molecule has 7 rings (SSSR count). The third-order valence-electron chi connectivity index (χ3n) is 9.27. The van der Waals surface area contributed by atoms with Crippen molar-refractivity contribution in [1.82, 2.24) is 14.1 Å². The van der Waals surface area contributed by atoms with Gasteiger partial charge in [-0.1, -0.05) is 140 Å². The second kappa shape index (κ2) is 15.0. The van der Waals surface area contributed by atoms with Gasteiger partial charge in [0.1, 0.15) is 0 Å². The van der Waals surface area contributed by atoms with Gasteiger partial charge in [-0.3, -0.25) is 0 Å². The van der Waals surface area contributed by atoms with E-state index in [-0.39, 0.29) is 22.4 Å². The molecular weight excluding hydrogens is 781 g/mol. The Balaban J connectivity index is 0.000000243. The van der Waals surface area contributed by atoms with E-state index in [1.807, 2.05) is 42.5 Å². The number of benzene rings is 5. The summed E-state index contributed by atoms with van der Waals surface area (Å²) in [4.78, 5) is 4.47. The maximum Gasteiger partial charge on any atom is 1.00 e. The Labute approximate surface area is 307 Å². The Morgan fingerprint density at radius 1 is 0.531 bits per heavy atom. The van der Waals surface area contributed by atoms with Gasteiger partial charge in [-0.05, 0) is 49.7 Å². The molecule has 0 bridgehead atoms. The Hall–Kier alpha value is -4.49. The van der Waals surface area contributed by atoms with Gasteiger partial charge >= 0.3 is 28.4 Å². The molecule has 0 atom stereocenters.